The average Bonchev–Trinajstić information content (AvgIpc) is 2.54. The van der Waals surface area contributed by atoms with Gasteiger partial charge in [0.2, 0.25) is 0 Å². The summed E-state index contributed by atoms with van der Waals surface area (Å²) < 4.78 is 10.6. The smallest absolute Gasteiger partial charge is 0.344 e. The Morgan fingerprint density at radius 3 is 2.72 bits per heavy atom. The minimum atomic E-state index is -0.761. The lowest BCUT2D eigenvalue weighted by molar-refractivity contribution is -0.159. The van der Waals surface area contributed by atoms with Gasteiger partial charge in [-0.1, -0.05) is 27.2 Å². The van der Waals surface area contributed by atoms with E-state index in [-0.39, 0.29) is 23.1 Å². The molecule has 1 aromatic rings. The Kier molecular flexibility index (Phi) is 6.28. The first kappa shape index (κ1) is 19.1. The van der Waals surface area contributed by atoms with Crippen LogP contribution in [0.2, 0.25) is 0 Å². The van der Waals surface area contributed by atoms with Crippen molar-refractivity contribution in [1.82, 2.24) is 0 Å². The predicted octanol–water partition coefficient (Wildman–Crippen LogP) is 3.14. The molecule has 3 atom stereocenters. The summed E-state index contributed by atoms with van der Waals surface area (Å²) in [5.41, 5.74) is 5.89. The van der Waals surface area contributed by atoms with Crippen LogP contribution in [0.4, 0.5) is 5.69 Å². The zero-order valence-corrected chi connectivity index (χ0v) is 15.0. The molecule has 6 nitrogen and oxygen atoms in total. The van der Waals surface area contributed by atoms with Crippen molar-refractivity contribution in [1.29, 1.82) is 0 Å². The molecule has 1 aromatic carbocycles. The van der Waals surface area contributed by atoms with Gasteiger partial charge in [0.05, 0.1) is 5.56 Å². The highest BCUT2D eigenvalue weighted by Crippen LogP contribution is 2.35. The highest BCUT2D eigenvalue weighted by Gasteiger charge is 2.33. The van der Waals surface area contributed by atoms with E-state index in [1.54, 1.807) is 0 Å². The van der Waals surface area contributed by atoms with Crippen LogP contribution in [0.15, 0.2) is 18.2 Å². The normalized spacial score (nSPS) is 23.3. The molecule has 0 aromatic heterocycles. The average molecular weight is 349 g/mol. The molecule has 0 bridgehead atoms. The lowest BCUT2D eigenvalue weighted by Gasteiger charge is -2.36. The minimum absolute atomic E-state index is 0.0270. The molecule has 1 aliphatic carbocycles. The number of hydrogen-bond donors (Lipinski definition) is 2. The van der Waals surface area contributed by atoms with Crippen molar-refractivity contribution in [3.63, 3.8) is 0 Å². The van der Waals surface area contributed by atoms with E-state index in [4.69, 9.17) is 15.2 Å². The molecule has 25 heavy (non-hydrogen) atoms. The fraction of sp³-hybridized carbons (Fsp3) is 0.579. The van der Waals surface area contributed by atoms with Gasteiger partial charge in [-0.2, -0.15) is 0 Å². The number of ether oxygens (including phenoxy) is 2. The van der Waals surface area contributed by atoms with E-state index in [0.29, 0.717) is 17.8 Å². The molecule has 0 saturated heterocycles. The number of nitrogens with two attached hydrogens (primary N) is 1. The summed E-state index contributed by atoms with van der Waals surface area (Å²) in [7, 11) is 0. The Morgan fingerprint density at radius 1 is 1.32 bits per heavy atom. The summed E-state index contributed by atoms with van der Waals surface area (Å²) >= 11 is 0. The first-order valence-corrected chi connectivity index (χ1v) is 8.73. The van der Waals surface area contributed by atoms with Gasteiger partial charge in [0.25, 0.3) is 0 Å². The second-order valence-electron chi connectivity index (χ2n) is 7.20. The molecule has 0 unspecified atom stereocenters. The van der Waals surface area contributed by atoms with Crippen LogP contribution in [0.1, 0.15) is 50.4 Å². The molecule has 1 saturated carbocycles. The van der Waals surface area contributed by atoms with Crippen LogP contribution >= 0.6 is 0 Å². The zero-order chi connectivity index (χ0) is 18.6. The van der Waals surface area contributed by atoms with Crippen molar-refractivity contribution in [2.24, 2.45) is 17.8 Å². The number of benzene rings is 1. The maximum atomic E-state index is 12.1. The Bertz CT molecular complexity index is 628. The molecule has 0 radical (unpaired) electrons. The van der Waals surface area contributed by atoms with Crippen LogP contribution < -0.4 is 5.73 Å². The molecular weight excluding hydrogens is 322 g/mol. The largest absolute Gasteiger partial charge is 0.508 e. The van der Waals surface area contributed by atoms with E-state index in [1.807, 2.05) is 0 Å². The highest BCUT2D eigenvalue weighted by atomic mass is 16.6. The Balaban J connectivity index is 1.91. The number of carbonyl (C=O) groups is 2. The van der Waals surface area contributed by atoms with Crippen molar-refractivity contribution in [3.05, 3.63) is 23.8 Å². The molecule has 6 heteroatoms. The number of aromatic hydroxyl groups is 1. The Labute approximate surface area is 148 Å². The van der Waals surface area contributed by atoms with E-state index >= 15 is 0 Å². The van der Waals surface area contributed by atoms with Crippen molar-refractivity contribution >= 4 is 17.6 Å². The van der Waals surface area contributed by atoms with Gasteiger partial charge < -0.3 is 20.3 Å². The molecule has 0 aliphatic heterocycles. The van der Waals surface area contributed by atoms with E-state index in [2.05, 4.69) is 20.8 Å². The van der Waals surface area contributed by atoms with Crippen LogP contribution in [0, 0.1) is 17.8 Å². The van der Waals surface area contributed by atoms with E-state index < -0.39 is 18.5 Å². The van der Waals surface area contributed by atoms with Gasteiger partial charge in [-0.3, -0.25) is 0 Å². The van der Waals surface area contributed by atoms with Gasteiger partial charge in [-0.05, 0) is 48.8 Å². The second-order valence-corrected chi connectivity index (χ2v) is 7.20. The number of nitrogen functional groups attached to an aromatic ring is 1. The van der Waals surface area contributed by atoms with Gasteiger partial charge in [0, 0.05) is 5.69 Å². The molecular formula is C19H27NO5. The van der Waals surface area contributed by atoms with Crippen molar-refractivity contribution in [2.75, 3.05) is 12.3 Å². The fourth-order valence-corrected chi connectivity index (χ4v) is 3.38. The predicted molar refractivity (Wildman–Crippen MR) is 94.0 cm³/mol. The Hall–Kier alpha value is -2.24. The van der Waals surface area contributed by atoms with Crippen LogP contribution in [-0.4, -0.2) is 29.8 Å². The molecule has 1 aliphatic rings. The first-order chi connectivity index (χ1) is 11.8. The maximum absolute atomic E-state index is 12.1. The molecule has 0 amide bonds. The molecule has 0 spiro atoms. The second kappa shape index (κ2) is 8.23. The SMILES string of the molecule is CC(C)[C@@H]1CC[C@@H](C)C[C@@H]1OC(=O)COC(=O)c1cc(O)ccc1N. The van der Waals surface area contributed by atoms with Gasteiger partial charge in [-0.15, -0.1) is 0 Å². The number of phenols is 1. The van der Waals surface area contributed by atoms with Crippen molar-refractivity contribution < 1.29 is 24.2 Å². The number of hydrogen-bond acceptors (Lipinski definition) is 6. The van der Waals surface area contributed by atoms with Crippen LogP contribution in [0.25, 0.3) is 0 Å². The standard InChI is InChI=1S/C19H27NO5/c1-11(2)14-6-4-12(3)8-17(14)25-18(22)10-24-19(23)15-9-13(21)5-7-16(15)20/h5,7,9,11-12,14,17,21H,4,6,8,10,20H2,1-3H3/t12-,14+,17+/m1/s1. The van der Waals surface area contributed by atoms with Gasteiger partial charge in [0.1, 0.15) is 11.9 Å². The summed E-state index contributed by atoms with van der Waals surface area (Å²) in [5.74, 6) is -0.140. The summed E-state index contributed by atoms with van der Waals surface area (Å²) in [5, 5.41) is 9.43. The van der Waals surface area contributed by atoms with Crippen LogP contribution in [-0.2, 0) is 14.3 Å². The fourth-order valence-electron chi connectivity index (χ4n) is 3.38. The maximum Gasteiger partial charge on any atom is 0.344 e. The Morgan fingerprint density at radius 2 is 2.04 bits per heavy atom. The van der Waals surface area contributed by atoms with E-state index in [0.717, 1.165) is 19.3 Å². The van der Waals surface area contributed by atoms with E-state index in [9.17, 15) is 14.7 Å². The quantitative estimate of drug-likeness (QED) is 0.481. The third-order valence-electron chi connectivity index (χ3n) is 4.82. The molecule has 138 valence electrons. The highest BCUT2D eigenvalue weighted by molar-refractivity contribution is 5.96. The third-order valence-corrected chi connectivity index (χ3v) is 4.82. The lowest BCUT2D eigenvalue weighted by atomic mass is 9.75. The van der Waals surface area contributed by atoms with Gasteiger partial charge in [0.15, 0.2) is 6.61 Å². The number of carbonyl (C=O) groups excluding carboxylic acids is 2. The molecule has 2 rings (SSSR count). The van der Waals surface area contributed by atoms with Gasteiger partial charge >= 0.3 is 11.9 Å². The van der Waals surface area contributed by atoms with Crippen LogP contribution in [0.3, 0.4) is 0 Å². The number of anilines is 1. The summed E-state index contributed by atoms with van der Waals surface area (Å²) in [6.45, 7) is 5.95. The molecule has 0 heterocycles. The first-order valence-electron chi connectivity index (χ1n) is 8.73. The van der Waals surface area contributed by atoms with Crippen molar-refractivity contribution in [2.45, 2.75) is 46.1 Å². The summed E-state index contributed by atoms with van der Waals surface area (Å²) in [4.78, 5) is 24.1. The van der Waals surface area contributed by atoms with Crippen molar-refractivity contribution in [3.8, 4) is 5.75 Å². The minimum Gasteiger partial charge on any atom is -0.508 e. The third kappa shape index (κ3) is 5.11. The molecule has 1 fully saturated rings. The summed E-state index contributed by atoms with van der Waals surface area (Å²) in [6.07, 6.45) is 2.88. The summed E-state index contributed by atoms with van der Waals surface area (Å²) in [6, 6.07) is 3.98. The van der Waals surface area contributed by atoms with E-state index in [1.165, 1.54) is 18.2 Å². The number of rotatable bonds is 5. The lowest BCUT2D eigenvalue weighted by Crippen LogP contribution is -2.36. The zero-order valence-electron chi connectivity index (χ0n) is 15.0. The van der Waals surface area contributed by atoms with Gasteiger partial charge in [-0.25, -0.2) is 9.59 Å². The van der Waals surface area contributed by atoms with Crippen LogP contribution in [0.5, 0.6) is 5.75 Å². The monoisotopic (exact) mass is 349 g/mol. The number of phenolic OH excluding ortho intramolecular Hbond substituents is 1. The molecule has 3 N–H and O–H groups in total. The number of esters is 2. The topological polar surface area (TPSA) is 98.8 Å².